The van der Waals surface area contributed by atoms with Crippen LogP contribution in [0.5, 0.6) is 0 Å². The summed E-state index contributed by atoms with van der Waals surface area (Å²) >= 11 is 0. The summed E-state index contributed by atoms with van der Waals surface area (Å²) in [6.45, 7) is 1.98. The molecule has 1 heterocycles. The van der Waals surface area contributed by atoms with Gasteiger partial charge in [-0.15, -0.1) is 0 Å². The summed E-state index contributed by atoms with van der Waals surface area (Å²) in [5.74, 6) is 0.503. The molecule has 0 N–H and O–H groups in total. The van der Waals surface area contributed by atoms with Gasteiger partial charge in [0.15, 0.2) is 0 Å². The molecule has 0 aliphatic heterocycles. The van der Waals surface area contributed by atoms with E-state index in [2.05, 4.69) is 4.98 Å². The third-order valence-corrected chi connectivity index (χ3v) is 6.18. The lowest BCUT2D eigenvalue weighted by molar-refractivity contribution is 0.357. The molecule has 0 amide bonds. The summed E-state index contributed by atoms with van der Waals surface area (Å²) in [5.41, 5.74) is 0. The summed E-state index contributed by atoms with van der Waals surface area (Å²) in [6, 6.07) is 7.23. The van der Waals surface area contributed by atoms with Crippen molar-refractivity contribution in [1.29, 1.82) is 0 Å². The molecule has 3 rings (SSSR count). The summed E-state index contributed by atoms with van der Waals surface area (Å²) < 4.78 is 27.1. The van der Waals surface area contributed by atoms with Crippen LogP contribution in [0.2, 0.25) is 0 Å². The summed E-state index contributed by atoms with van der Waals surface area (Å²) in [4.78, 5) is 4.40. The van der Waals surface area contributed by atoms with Crippen LogP contribution >= 0.6 is 0 Å². The van der Waals surface area contributed by atoms with Crippen molar-refractivity contribution in [2.45, 2.75) is 30.7 Å². The molecule has 20 heavy (non-hydrogen) atoms. The van der Waals surface area contributed by atoms with E-state index in [4.69, 9.17) is 0 Å². The molecule has 1 saturated carbocycles. The molecule has 0 radical (unpaired) electrons. The van der Waals surface area contributed by atoms with Crippen LogP contribution in [0.1, 0.15) is 19.8 Å². The molecule has 0 bridgehead atoms. The Bertz CT molecular complexity index is 733. The quantitative estimate of drug-likeness (QED) is 0.870. The molecule has 0 saturated heterocycles. The molecule has 2 aromatic rings. The van der Waals surface area contributed by atoms with E-state index in [0.29, 0.717) is 16.2 Å². The van der Waals surface area contributed by atoms with Crippen LogP contribution in [0.4, 0.5) is 0 Å². The van der Waals surface area contributed by atoms with Crippen LogP contribution < -0.4 is 0 Å². The molecular formula is C15H18N2O2S. The molecule has 5 heteroatoms. The molecule has 106 valence electrons. The fraction of sp³-hybridized carbons (Fsp3) is 0.400. The Kier molecular flexibility index (Phi) is 3.26. The highest BCUT2D eigenvalue weighted by Crippen LogP contribution is 2.37. The maximum atomic E-state index is 12.8. The van der Waals surface area contributed by atoms with Gasteiger partial charge in [0.05, 0.1) is 4.90 Å². The number of rotatable bonds is 4. The fourth-order valence-electron chi connectivity index (χ4n) is 2.56. The van der Waals surface area contributed by atoms with Crippen LogP contribution in [0.15, 0.2) is 41.6 Å². The van der Waals surface area contributed by atoms with Gasteiger partial charge in [0.1, 0.15) is 0 Å². The van der Waals surface area contributed by atoms with Crippen molar-refractivity contribution in [3.05, 3.63) is 36.7 Å². The first kappa shape index (κ1) is 13.5. The summed E-state index contributed by atoms with van der Waals surface area (Å²) in [5, 5.41) is 1.58. The number of benzene rings is 1. The van der Waals surface area contributed by atoms with Crippen molar-refractivity contribution < 1.29 is 8.42 Å². The number of pyridine rings is 1. The highest BCUT2D eigenvalue weighted by Gasteiger charge is 2.36. The van der Waals surface area contributed by atoms with Gasteiger partial charge in [-0.1, -0.05) is 12.1 Å². The molecule has 1 aliphatic rings. The molecule has 1 unspecified atom stereocenters. The lowest BCUT2D eigenvalue weighted by Gasteiger charge is -2.24. The number of nitrogens with zero attached hydrogens (tertiary/aromatic N) is 2. The van der Waals surface area contributed by atoms with Gasteiger partial charge in [-0.25, -0.2) is 8.42 Å². The van der Waals surface area contributed by atoms with Crippen LogP contribution in [-0.4, -0.2) is 30.8 Å². The first-order chi connectivity index (χ1) is 9.51. The first-order valence-electron chi connectivity index (χ1n) is 6.82. The molecular weight excluding hydrogens is 272 g/mol. The van der Waals surface area contributed by atoms with E-state index in [1.807, 2.05) is 19.1 Å². The van der Waals surface area contributed by atoms with E-state index in [0.717, 1.165) is 18.2 Å². The predicted octanol–water partition coefficient (Wildman–Crippen LogP) is 2.65. The fourth-order valence-corrected chi connectivity index (χ4v) is 4.18. The minimum Gasteiger partial charge on any atom is -0.264 e. The monoisotopic (exact) mass is 290 g/mol. The molecule has 0 spiro atoms. The van der Waals surface area contributed by atoms with Crippen LogP contribution in [0.3, 0.4) is 0 Å². The van der Waals surface area contributed by atoms with E-state index >= 15 is 0 Å². The molecule has 1 aliphatic carbocycles. The van der Waals surface area contributed by atoms with Crippen LogP contribution in [-0.2, 0) is 10.0 Å². The van der Waals surface area contributed by atoms with E-state index < -0.39 is 10.0 Å². The Balaban J connectivity index is 2.09. The largest absolute Gasteiger partial charge is 0.264 e. The smallest absolute Gasteiger partial charge is 0.243 e. The SMILES string of the molecule is CC(C1CC1)N(C)S(=O)(=O)c1cccc2ccncc12. The topological polar surface area (TPSA) is 50.3 Å². The average molecular weight is 290 g/mol. The highest BCUT2D eigenvalue weighted by molar-refractivity contribution is 7.89. The summed E-state index contributed by atoms with van der Waals surface area (Å²) in [6.07, 6.45) is 5.54. The van der Waals surface area contributed by atoms with Gasteiger partial charge in [0, 0.05) is 30.9 Å². The van der Waals surface area contributed by atoms with Crippen molar-refractivity contribution in [2.75, 3.05) is 7.05 Å². The number of fused-ring (bicyclic) bond motifs is 1. The molecule has 1 fully saturated rings. The second-order valence-corrected chi connectivity index (χ2v) is 7.42. The van der Waals surface area contributed by atoms with Crippen molar-refractivity contribution in [2.24, 2.45) is 5.92 Å². The minimum atomic E-state index is -3.48. The standard InChI is InChI=1S/C15H18N2O2S/c1-11(12-6-7-12)17(2)20(18,19)15-5-3-4-13-8-9-16-10-14(13)15/h3-5,8-12H,6-7H2,1-2H3. The molecule has 1 aromatic heterocycles. The van der Waals surface area contributed by atoms with E-state index in [9.17, 15) is 8.42 Å². The predicted molar refractivity (Wildman–Crippen MR) is 78.9 cm³/mol. The van der Waals surface area contributed by atoms with E-state index in [1.54, 1.807) is 31.6 Å². The number of sulfonamides is 1. The van der Waals surface area contributed by atoms with Gasteiger partial charge in [0.2, 0.25) is 10.0 Å². The van der Waals surface area contributed by atoms with Gasteiger partial charge >= 0.3 is 0 Å². The average Bonchev–Trinajstić information content (AvgIpc) is 3.29. The first-order valence-corrected chi connectivity index (χ1v) is 8.26. The second kappa shape index (κ2) is 4.82. The Labute approximate surface area is 119 Å². The number of aromatic nitrogens is 1. The third-order valence-electron chi connectivity index (χ3n) is 4.18. The third kappa shape index (κ3) is 2.21. The maximum absolute atomic E-state index is 12.8. The Hall–Kier alpha value is -1.46. The van der Waals surface area contributed by atoms with Crippen LogP contribution in [0, 0.1) is 5.92 Å². The van der Waals surface area contributed by atoms with Gasteiger partial charge in [0.25, 0.3) is 0 Å². The maximum Gasteiger partial charge on any atom is 0.243 e. The normalized spacial score (nSPS) is 17.6. The van der Waals surface area contributed by atoms with Gasteiger partial charge in [-0.2, -0.15) is 4.31 Å². The Morgan fingerprint density at radius 3 is 2.75 bits per heavy atom. The van der Waals surface area contributed by atoms with Gasteiger partial charge < -0.3 is 0 Å². The Morgan fingerprint density at radius 1 is 1.30 bits per heavy atom. The number of hydrogen-bond acceptors (Lipinski definition) is 3. The molecule has 4 nitrogen and oxygen atoms in total. The highest BCUT2D eigenvalue weighted by atomic mass is 32.2. The zero-order valence-electron chi connectivity index (χ0n) is 11.7. The number of hydrogen-bond donors (Lipinski definition) is 0. The molecule has 1 aromatic carbocycles. The van der Waals surface area contributed by atoms with Crippen LogP contribution in [0.25, 0.3) is 10.8 Å². The van der Waals surface area contributed by atoms with Gasteiger partial charge in [-0.3, -0.25) is 4.98 Å². The zero-order chi connectivity index (χ0) is 14.3. The summed E-state index contributed by atoms with van der Waals surface area (Å²) in [7, 11) is -1.80. The second-order valence-electron chi connectivity index (χ2n) is 5.45. The van der Waals surface area contributed by atoms with Crippen molar-refractivity contribution in [3.8, 4) is 0 Å². The lowest BCUT2D eigenvalue weighted by atomic mass is 10.2. The lowest BCUT2D eigenvalue weighted by Crippen LogP contribution is -2.36. The Morgan fingerprint density at radius 2 is 2.05 bits per heavy atom. The van der Waals surface area contributed by atoms with E-state index in [1.165, 1.54) is 4.31 Å². The molecule has 1 atom stereocenters. The van der Waals surface area contributed by atoms with Crippen molar-refractivity contribution in [3.63, 3.8) is 0 Å². The van der Waals surface area contributed by atoms with Crippen molar-refractivity contribution >= 4 is 20.8 Å². The zero-order valence-corrected chi connectivity index (χ0v) is 12.5. The minimum absolute atomic E-state index is 0.0481. The van der Waals surface area contributed by atoms with Crippen molar-refractivity contribution in [1.82, 2.24) is 9.29 Å². The van der Waals surface area contributed by atoms with E-state index in [-0.39, 0.29) is 6.04 Å². The van der Waals surface area contributed by atoms with Gasteiger partial charge in [-0.05, 0) is 43.2 Å².